The fraction of sp³-hybridized carbons (Fsp3) is 0.750. The average molecular weight is 811 g/mol. The molecule has 0 fully saturated rings. The SMILES string of the molecule is CC/C=C\C/C=C\C/C=C\C/C=C\CCCCC(=O)OCC(COC(=O)CCCCCCCCCCCCCC)OC(=O)CCCCCCC/C=C\CCCCCC. The summed E-state index contributed by atoms with van der Waals surface area (Å²) in [7, 11) is 0. The van der Waals surface area contributed by atoms with E-state index in [0.717, 1.165) is 96.3 Å². The fourth-order valence-corrected chi connectivity index (χ4v) is 6.60. The van der Waals surface area contributed by atoms with Gasteiger partial charge in [-0.2, -0.15) is 0 Å². The van der Waals surface area contributed by atoms with Crippen molar-refractivity contribution >= 4 is 17.9 Å². The van der Waals surface area contributed by atoms with Crippen molar-refractivity contribution in [1.82, 2.24) is 0 Å². The molecule has 0 N–H and O–H groups in total. The molecule has 6 heteroatoms. The third kappa shape index (κ3) is 44.2. The Bertz CT molecular complexity index is 1070. The second kappa shape index (κ2) is 46.8. The Kier molecular flexibility index (Phi) is 44.5. The maximum atomic E-state index is 12.7. The van der Waals surface area contributed by atoms with Gasteiger partial charge in [-0.15, -0.1) is 0 Å². The third-order valence-electron chi connectivity index (χ3n) is 10.3. The zero-order valence-electron chi connectivity index (χ0n) is 38.0. The molecule has 0 heterocycles. The molecule has 1 unspecified atom stereocenters. The number of allylic oxidation sites excluding steroid dienone is 10. The summed E-state index contributed by atoms with van der Waals surface area (Å²) >= 11 is 0. The van der Waals surface area contributed by atoms with Crippen LogP contribution in [0, 0.1) is 0 Å². The molecule has 0 aromatic rings. The molecule has 0 amide bonds. The molecule has 0 rings (SSSR count). The minimum Gasteiger partial charge on any atom is -0.462 e. The molecule has 0 aromatic heterocycles. The van der Waals surface area contributed by atoms with Crippen molar-refractivity contribution < 1.29 is 28.6 Å². The summed E-state index contributed by atoms with van der Waals surface area (Å²) in [6.07, 6.45) is 56.3. The van der Waals surface area contributed by atoms with Crippen LogP contribution in [0.15, 0.2) is 60.8 Å². The zero-order chi connectivity index (χ0) is 42.3. The lowest BCUT2D eigenvalue weighted by Crippen LogP contribution is -2.30. The molecule has 0 radical (unpaired) electrons. The topological polar surface area (TPSA) is 78.9 Å². The molecule has 334 valence electrons. The van der Waals surface area contributed by atoms with E-state index in [1.807, 2.05) is 0 Å². The lowest BCUT2D eigenvalue weighted by atomic mass is 10.0. The highest BCUT2D eigenvalue weighted by Gasteiger charge is 2.19. The second-order valence-electron chi connectivity index (χ2n) is 16.0. The molecule has 0 aliphatic heterocycles. The third-order valence-corrected chi connectivity index (χ3v) is 10.3. The van der Waals surface area contributed by atoms with Crippen molar-refractivity contribution in [2.45, 2.75) is 239 Å². The molecule has 0 saturated heterocycles. The first kappa shape index (κ1) is 55.1. The minimum atomic E-state index is -0.791. The number of ether oxygens (including phenoxy) is 3. The van der Waals surface area contributed by atoms with E-state index in [0.29, 0.717) is 19.3 Å². The largest absolute Gasteiger partial charge is 0.462 e. The summed E-state index contributed by atoms with van der Waals surface area (Å²) in [5.41, 5.74) is 0. The lowest BCUT2D eigenvalue weighted by Gasteiger charge is -2.18. The van der Waals surface area contributed by atoms with Gasteiger partial charge in [0.2, 0.25) is 0 Å². The van der Waals surface area contributed by atoms with Gasteiger partial charge >= 0.3 is 17.9 Å². The molecule has 0 saturated carbocycles. The summed E-state index contributed by atoms with van der Waals surface area (Å²) in [4.78, 5) is 37.8. The number of hydrogen-bond acceptors (Lipinski definition) is 6. The van der Waals surface area contributed by atoms with E-state index < -0.39 is 6.10 Å². The van der Waals surface area contributed by atoms with E-state index >= 15 is 0 Å². The minimum absolute atomic E-state index is 0.0892. The molecule has 6 nitrogen and oxygen atoms in total. The highest BCUT2D eigenvalue weighted by atomic mass is 16.6. The highest BCUT2D eigenvalue weighted by molar-refractivity contribution is 5.71. The van der Waals surface area contributed by atoms with E-state index in [4.69, 9.17) is 14.2 Å². The van der Waals surface area contributed by atoms with Gasteiger partial charge in [-0.1, -0.05) is 191 Å². The van der Waals surface area contributed by atoms with Crippen LogP contribution in [0.4, 0.5) is 0 Å². The maximum absolute atomic E-state index is 12.7. The van der Waals surface area contributed by atoms with E-state index in [1.54, 1.807) is 0 Å². The predicted molar refractivity (Wildman–Crippen MR) is 247 cm³/mol. The summed E-state index contributed by atoms with van der Waals surface area (Å²) in [5.74, 6) is -0.941. The molecular formula is C52H90O6. The number of carbonyl (C=O) groups is 3. The molecule has 0 aliphatic carbocycles. The highest BCUT2D eigenvalue weighted by Crippen LogP contribution is 2.14. The van der Waals surface area contributed by atoms with Gasteiger partial charge < -0.3 is 14.2 Å². The second-order valence-corrected chi connectivity index (χ2v) is 16.0. The van der Waals surface area contributed by atoms with Gasteiger partial charge in [0.15, 0.2) is 6.10 Å². The van der Waals surface area contributed by atoms with Gasteiger partial charge in [0.25, 0.3) is 0 Å². The monoisotopic (exact) mass is 811 g/mol. The zero-order valence-corrected chi connectivity index (χ0v) is 38.0. The van der Waals surface area contributed by atoms with Gasteiger partial charge in [0.1, 0.15) is 13.2 Å². The first-order valence-corrected chi connectivity index (χ1v) is 24.3. The standard InChI is InChI=1S/C52H90O6/c1-4-7-10-13-16-19-22-25-26-28-30-33-36-39-42-45-51(54)57-48-49(47-56-50(53)44-41-38-35-32-29-24-21-18-15-12-9-6-3)58-52(55)46-43-40-37-34-31-27-23-20-17-14-11-8-5-2/h7,10,16,19-20,23,25-26,30,33,49H,4-6,8-9,11-15,17-18,21-22,24,27-29,31-32,34-48H2,1-3H3/b10-7-,19-16-,23-20-,26-25-,33-30-. The van der Waals surface area contributed by atoms with E-state index in [1.165, 1.54) is 96.3 Å². The first-order chi connectivity index (χ1) is 28.5. The average Bonchev–Trinajstić information content (AvgIpc) is 3.22. The molecule has 0 bridgehead atoms. The van der Waals surface area contributed by atoms with Crippen LogP contribution in [-0.4, -0.2) is 37.2 Å². The van der Waals surface area contributed by atoms with Crippen LogP contribution in [0.3, 0.4) is 0 Å². The Morgan fingerprint density at radius 2 is 0.672 bits per heavy atom. The quantitative estimate of drug-likeness (QED) is 0.0264. The van der Waals surface area contributed by atoms with Crippen LogP contribution in [0.1, 0.15) is 233 Å². The number of hydrogen-bond donors (Lipinski definition) is 0. The number of rotatable bonds is 43. The maximum Gasteiger partial charge on any atom is 0.306 e. The fourth-order valence-electron chi connectivity index (χ4n) is 6.60. The first-order valence-electron chi connectivity index (χ1n) is 24.3. The van der Waals surface area contributed by atoms with Crippen LogP contribution >= 0.6 is 0 Å². The smallest absolute Gasteiger partial charge is 0.306 e. The normalized spacial score (nSPS) is 12.5. The van der Waals surface area contributed by atoms with Crippen molar-refractivity contribution in [3.05, 3.63) is 60.8 Å². The van der Waals surface area contributed by atoms with Crippen LogP contribution in [0.5, 0.6) is 0 Å². The summed E-state index contributed by atoms with van der Waals surface area (Å²) in [6.45, 7) is 6.46. The summed E-state index contributed by atoms with van der Waals surface area (Å²) < 4.78 is 16.7. The number of unbranched alkanes of at least 4 members (excludes halogenated alkanes) is 22. The van der Waals surface area contributed by atoms with E-state index in [-0.39, 0.29) is 31.1 Å². The van der Waals surface area contributed by atoms with Gasteiger partial charge in [-0.05, 0) is 83.5 Å². The van der Waals surface area contributed by atoms with Crippen molar-refractivity contribution in [2.24, 2.45) is 0 Å². The van der Waals surface area contributed by atoms with Crippen molar-refractivity contribution in [3.63, 3.8) is 0 Å². The molecule has 1 atom stereocenters. The lowest BCUT2D eigenvalue weighted by molar-refractivity contribution is -0.167. The Morgan fingerprint density at radius 3 is 1.12 bits per heavy atom. The molecule has 58 heavy (non-hydrogen) atoms. The van der Waals surface area contributed by atoms with E-state index in [2.05, 4.69) is 81.5 Å². The van der Waals surface area contributed by atoms with Crippen molar-refractivity contribution in [2.75, 3.05) is 13.2 Å². The molecular weight excluding hydrogens is 721 g/mol. The Labute approximate surface area is 358 Å². The summed E-state index contributed by atoms with van der Waals surface area (Å²) in [6, 6.07) is 0. The Balaban J connectivity index is 4.45. The molecule has 0 aromatic carbocycles. The van der Waals surface area contributed by atoms with Gasteiger partial charge in [0.05, 0.1) is 0 Å². The van der Waals surface area contributed by atoms with Crippen LogP contribution in [0.25, 0.3) is 0 Å². The van der Waals surface area contributed by atoms with Crippen LogP contribution < -0.4 is 0 Å². The van der Waals surface area contributed by atoms with Crippen molar-refractivity contribution in [1.29, 1.82) is 0 Å². The number of esters is 3. The van der Waals surface area contributed by atoms with Crippen LogP contribution in [0.2, 0.25) is 0 Å². The number of carbonyl (C=O) groups excluding carboxylic acids is 3. The van der Waals surface area contributed by atoms with Gasteiger partial charge in [0, 0.05) is 19.3 Å². The van der Waals surface area contributed by atoms with Gasteiger partial charge in [-0.3, -0.25) is 14.4 Å². The van der Waals surface area contributed by atoms with Gasteiger partial charge in [-0.25, -0.2) is 0 Å². The Morgan fingerprint density at radius 1 is 0.362 bits per heavy atom. The van der Waals surface area contributed by atoms with E-state index in [9.17, 15) is 14.4 Å². The predicted octanol–water partition coefficient (Wildman–Crippen LogP) is 15.7. The summed E-state index contributed by atoms with van der Waals surface area (Å²) in [5, 5.41) is 0. The Hall–Kier alpha value is -2.89. The molecule has 0 aliphatic rings. The molecule has 0 spiro atoms. The van der Waals surface area contributed by atoms with Crippen molar-refractivity contribution in [3.8, 4) is 0 Å². The van der Waals surface area contributed by atoms with Crippen LogP contribution in [-0.2, 0) is 28.6 Å².